The van der Waals surface area contributed by atoms with Gasteiger partial charge in [0.1, 0.15) is 0 Å². The number of rotatable bonds is 6. The van der Waals surface area contributed by atoms with E-state index >= 15 is 0 Å². The molecule has 146 valence electrons. The summed E-state index contributed by atoms with van der Waals surface area (Å²) in [6.45, 7) is 5.03. The van der Waals surface area contributed by atoms with Crippen LogP contribution in [0.2, 0.25) is 0 Å². The molecule has 0 aromatic rings. The highest BCUT2D eigenvalue weighted by atomic mass is 127. The Balaban J connectivity index is 1.37. The van der Waals surface area contributed by atoms with Crippen LogP contribution in [0, 0.1) is 29.6 Å². The van der Waals surface area contributed by atoms with Crippen molar-refractivity contribution in [1.82, 2.24) is 15.1 Å². The van der Waals surface area contributed by atoms with Gasteiger partial charge >= 0.3 is 0 Å². The minimum atomic E-state index is -0.450. The zero-order valence-corrected chi connectivity index (χ0v) is 17.8. The Morgan fingerprint density at radius 3 is 2.81 bits per heavy atom. The Labute approximate surface area is 170 Å². The van der Waals surface area contributed by atoms with E-state index in [0.717, 1.165) is 61.1 Å². The van der Waals surface area contributed by atoms with Gasteiger partial charge in [-0.15, -0.1) is 0 Å². The number of allylic oxidation sites excluding steroid dienone is 1. The third-order valence-corrected chi connectivity index (χ3v) is 8.60. The summed E-state index contributed by atoms with van der Waals surface area (Å²) in [4.78, 5) is 4.56. The third kappa shape index (κ3) is 2.70. The lowest BCUT2D eigenvalue weighted by molar-refractivity contribution is -0.154. The highest BCUT2D eigenvalue weighted by Crippen LogP contribution is 2.70. The molecule has 4 bridgehead atoms. The molecule has 4 aliphatic carbocycles. The zero-order valence-electron chi connectivity index (χ0n) is 15.6. The first-order valence-electron chi connectivity index (χ1n) is 10.6. The van der Waals surface area contributed by atoms with Crippen LogP contribution < -0.4 is 5.32 Å². The second-order valence-corrected chi connectivity index (χ2v) is 10.2. The summed E-state index contributed by atoms with van der Waals surface area (Å²) in [6.07, 6.45) is 6.81. The fourth-order valence-corrected chi connectivity index (χ4v) is 7.13. The number of aliphatic hydroxyl groups excluding tert-OH is 1. The van der Waals surface area contributed by atoms with Gasteiger partial charge < -0.3 is 15.5 Å². The van der Waals surface area contributed by atoms with E-state index < -0.39 is 6.35 Å². The van der Waals surface area contributed by atoms with Crippen LogP contribution in [0.5, 0.6) is 0 Å². The minimum Gasteiger partial charge on any atom is -0.443 e. The SMILES string of the molecule is CCCN1CC2NC(C3C4CC5C(CC4[OH2+])C53)=CC2N(CCCI)C1O. The Bertz CT molecular complexity index is 587. The molecule has 0 aromatic heterocycles. The van der Waals surface area contributed by atoms with Gasteiger partial charge in [0.25, 0.3) is 0 Å². The number of hydrogen-bond donors (Lipinski definition) is 2. The van der Waals surface area contributed by atoms with E-state index in [9.17, 15) is 5.11 Å². The topological polar surface area (TPSA) is 61.6 Å². The van der Waals surface area contributed by atoms with E-state index in [1.807, 2.05) is 0 Å². The first kappa shape index (κ1) is 18.2. The largest absolute Gasteiger partial charge is 0.443 e. The average molecular weight is 474 g/mol. The molecule has 26 heavy (non-hydrogen) atoms. The van der Waals surface area contributed by atoms with Crippen molar-refractivity contribution < 1.29 is 10.2 Å². The van der Waals surface area contributed by atoms with E-state index in [2.05, 4.69) is 50.7 Å². The van der Waals surface area contributed by atoms with Crippen LogP contribution in [0.4, 0.5) is 0 Å². The average Bonchev–Trinajstić information content (AvgIpc) is 3.00. The lowest BCUT2D eigenvalue weighted by Crippen LogP contribution is -2.65. The fourth-order valence-electron chi connectivity index (χ4n) is 6.78. The second kappa shape index (κ2) is 6.87. The molecular weight excluding hydrogens is 441 g/mol. The lowest BCUT2D eigenvalue weighted by atomic mass is 9.74. The molecule has 0 radical (unpaired) electrons. The van der Waals surface area contributed by atoms with Crippen molar-refractivity contribution in [2.75, 3.05) is 24.1 Å². The molecule has 5 fully saturated rings. The van der Waals surface area contributed by atoms with Crippen LogP contribution in [0.15, 0.2) is 11.8 Å². The number of nitrogens with one attached hydrogen (secondary N) is 1. The first-order valence-corrected chi connectivity index (χ1v) is 12.1. The summed E-state index contributed by atoms with van der Waals surface area (Å²) < 4.78 is 1.13. The molecule has 0 aromatic carbocycles. The maximum Gasteiger partial charge on any atom is 0.166 e. The standard InChI is InChI=1S/C20H32IN3O2/c1-2-5-23-10-15-16(24(20(23)26)6-3-4-21)9-14(22-15)19-13-7-11-12(18(11)19)8-17(13)25/h9,11-13,15-20,22,25-26H,2-8,10H2,1H3/p+1. The van der Waals surface area contributed by atoms with Crippen LogP contribution >= 0.6 is 22.6 Å². The Hall–Kier alpha value is 0.110. The maximum absolute atomic E-state index is 11.0. The van der Waals surface area contributed by atoms with Crippen LogP contribution in [0.1, 0.15) is 32.6 Å². The summed E-state index contributed by atoms with van der Waals surface area (Å²) in [5, 5.41) is 23.4. The number of nitrogens with zero attached hydrogens (tertiary/aromatic N) is 2. The summed E-state index contributed by atoms with van der Waals surface area (Å²) >= 11 is 2.44. The molecular formula is C20H33IN3O2+. The van der Waals surface area contributed by atoms with Crippen LogP contribution in [-0.4, -0.2) is 68.6 Å². The van der Waals surface area contributed by atoms with Gasteiger partial charge in [-0.25, -0.2) is 0 Å². The normalized spacial score (nSPS) is 49.7. The van der Waals surface area contributed by atoms with E-state index in [0.29, 0.717) is 23.9 Å². The molecule has 5 nitrogen and oxygen atoms in total. The predicted molar refractivity (Wildman–Crippen MR) is 111 cm³/mol. The molecule has 2 aliphatic heterocycles. The molecule has 0 spiro atoms. The molecule has 9 atom stereocenters. The molecule has 6 rings (SSSR count). The quantitative estimate of drug-likeness (QED) is 0.347. The summed E-state index contributed by atoms with van der Waals surface area (Å²) in [7, 11) is 0. The molecule has 4 N–H and O–H groups in total. The molecule has 2 heterocycles. The van der Waals surface area contributed by atoms with Gasteiger partial charge in [0, 0.05) is 48.0 Å². The van der Waals surface area contributed by atoms with Gasteiger partial charge in [-0.2, -0.15) is 0 Å². The highest BCUT2D eigenvalue weighted by molar-refractivity contribution is 14.1. The van der Waals surface area contributed by atoms with Crippen molar-refractivity contribution in [2.24, 2.45) is 29.6 Å². The van der Waals surface area contributed by atoms with Gasteiger partial charge in [0.15, 0.2) is 12.5 Å². The van der Waals surface area contributed by atoms with Gasteiger partial charge in [0.05, 0.1) is 12.1 Å². The molecule has 4 saturated carbocycles. The Morgan fingerprint density at radius 2 is 2.08 bits per heavy atom. The van der Waals surface area contributed by atoms with Gasteiger partial charge in [0.2, 0.25) is 0 Å². The second-order valence-electron chi connectivity index (χ2n) is 9.16. The van der Waals surface area contributed by atoms with Crippen molar-refractivity contribution >= 4 is 22.6 Å². The van der Waals surface area contributed by atoms with Crippen LogP contribution in [0.3, 0.4) is 0 Å². The third-order valence-electron chi connectivity index (χ3n) is 7.83. The van der Waals surface area contributed by atoms with Gasteiger partial charge in [-0.3, -0.25) is 9.80 Å². The molecule has 6 heteroatoms. The van der Waals surface area contributed by atoms with Gasteiger partial charge in [-0.05, 0) is 43.1 Å². The summed E-state index contributed by atoms with van der Waals surface area (Å²) in [6, 6.07) is 0.714. The van der Waals surface area contributed by atoms with Crippen LogP contribution in [-0.2, 0) is 0 Å². The number of halogens is 1. The number of fused-ring (bicyclic) bond motifs is 2. The fraction of sp³-hybridized carbons (Fsp3) is 0.900. The molecule has 0 amide bonds. The van der Waals surface area contributed by atoms with E-state index in [-0.39, 0.29) is 6.10 Å². The monoisotopic (exact) mass is 474 g/mol. The predicted octanol–water partition coefficient (Wildman–Crippen LogP) is 1.33. The van der Waals surface area contributed by atoms with Gasteiger partial charge in [-0.1, -0.05) is 29.5 Å². The Morgan fingerprint density at radius 1 is 1.27 bits per heavy atom. The number of aliphatic hydroxyl groups is 1. The first-order chi connectivity index (χ1) is 12.6. The molecule has 9 unspecified atom stereocenters. The van der Waals surface area contributed by atoms with Crippen molar-refractivity contribution in [3.05, 3.63) is 11.8 Å². The van der Waals surface area contributed by atoms with Crippen molar-refractivity contribution in [3.63, 3.8) is 0 Å². The summed E-state index contributed by atoms with van der Waals surface area (Å²) in [5.41, 5.74) is 1.43. The number of hydrogen-bond acceptors (Lipinski definition) is 4. The van der Waals surface area contributed by atoms with Crippen molar-refractivity contribution in [2.45, 2.75) is 57.1 Å². The summed E-state index contributed by atoms with van der Waals surface area (Å²) in [5.74, 6) is 3.81. The van der Waals surface area contributed by atoms with E-state index in [1.165, 1.54) is 12.1 Å². The van der Waals surface area contributed by atoms with E-state index in [1.54, 1.807) is 0 Å². The highest BCUT2D eigenvalue weighted by Gasteiger charge is 2.69. The number of alkyl halides is 1. The minimum absolute atomic E-state index is 0.155. The molecule has 1 saturated heterocycles. The smallest absolute Gasteiger partial charge is 0.166 e. The molecule has 6 aliphatic rings. The zero-order chi connectivity index (χ0) is 18.0. The van der Waals surface area contributed by atoms with E-state index in [4.69, 9.17) is 5.11 Å². The Kier molecular flexibility index (Phi) is 4.79. The lowest BCUT2D eigenvalue weighted by Gasteiger charge is -2.47. The van der Waals surface area contributed by atoms with Crippen LogP contribution in [0.25, 0.3) is 0 Å². The maximum atomic E-state index is 11.0. The van der Waals surface area contributed by atoms with Crippen molar-refractivity contribution in [1.29, 1.82) is 0 Å². The van der Waals surface area contributed by atoms with Crippen molar-refractivity contribution in [3.8, 4) is 0 Å².